The Morgan fingerprint density at radius 2 is 1.86 bits per heavy atom. The molecule has 0 unspecified atom stereocenters. The SMILES string of the molecule is C[C@H](NOS(C)(=O)=O)c1nn(C)c(C(=O)NCc2ccc(C(C)(C)C)cc2)c1Cl. The molecule has 1 heterocycles. The molecule has 2 rings (SSSR count). The Bertz CT molecular complexity index is 979. The number of hydroxylamine groups is 1. The van der Waals surface area contributed by atoms with E-state index in [1.165, 1.54) is 10.2 Å². The van der Waals surface area contributed by atoms with Crippen molar-refractivity contribution in [2.75, 3.05) is 6.26 Å². The molecule has 2 aromatic rings. The molecule has 29 heavy (non-hydrogen) atoms. The van der Waals surface area contributed by atoms with Gasteiger partial charge in [-0.25, -0.2) is 0 Å². The third kappa shape index (κ3) is 6.27. The van der Waals surface area contributed by atoms with Gasteiger partial charge in [-0.05, 0) is 23.5 Å². The van der Waals surface area contributed by atoms with Crippen LogP contribution in [0.15, 0.2) is 24.3 Å². The largest absolute Gasteiger partial charge is 0.347 e. The summed E-state index contributed by atoms with van der Waals surface area (Å²) in [7, 11) is -2.09. The molecule has 8 nitrogen and oxygen atoms in total. The van der Waals surface area contributed by atoms with Gasteiger partial charge in [0.15, 0.2) is 0 Å². The van der Waals surface area contributed by atoms with E-state index in [9.17, 15) is 13.2 Å². The Hall–Kier alpha value is -1.94. The van der Waals surface area contributed by atoms with Gasteiger partial charge in [0.2, 0.25) is 0 Å². The van der Waals surface area contributed by atoms with Crippen LogP contribution in [0, 0.1) is 0 Å². The van der Waals surface area contributed by atoms with E-state index >= 15 is 0 Å². The number of halogens is 1. The van der Waals surface area contributed by atoms with Crippen molar-refractivity contribution in [2.45, 2.75) is 45.7 Å². The zero-order valence-electron chi connectivity index (χ0n) is 17.4. The Kier molecular flexibility index (Phi) is 7.10. The van der Waals surface area contributed by atoms with Crippen molar-refractivity contribution in [1.82, 2.24) is 20.6 Å². The lowest BCUT2D eigenvalue weighted by Crippen LogP contribution is -2.25. The van der Waals surface area contributed by atoms with Crippen LogP contribution >= 0.6 is 11.6 Å². The Morgan fingerprint density at radius 1 is 1.28 bits per heavy atom. The molecule has 0 aliphatic carbocycles. The van der Waals surface area contributed by atoms with Gasteiger partial charge in [0.05, 0.1) is 17.3 Å². The van der Waals surface area contributed by atoms with Gasteiger partial charge in [-0.2, -0.15) is 23.3 Å². The van der Waals surface area contributed by atoms with E-state index in [2.05, 4.69) is 41.0 Å². The number of benzene rings is 1. The van der Waals surface area contributed by atoms with Crippen molar-refractivity contribution in [2.24, 2.45) is 7.05 Å². The van der Waals surface area contributed by atoms with E-state index in [4.69, 9.17) is 11.6 Å². The lowest BCUT2D eigenvalue weighted by molar-refractivity contribution is 0.0941. The highest BCUT2D eigenvalue weighted by atomic mass is 35.5. The summed E-state index contributed by atoms with van der Waals surface area (Å²) < 4.78 is 28.2. The smallest absolute Gasteiger partial charge is 0.280 e. The molecule has 0 radical (unpaired) electrons. The fourth-order valence-corrected chi connectivity index (χ4v) is 3.37. The lowest BCUT2D eigenvalue weighted by atomic mass is 9.87. The van der Waals surface area contributed by atoms with Crippen LogP contribution < -0.4 is 10.8 Å². The van der Waals surface area contributed by atoms with E-state index in [1.54, 1.807) is 14.0 Å². The molecular formula is C19H27ClN4O4S. The first-order chi connectivity index (χ1) is 13.3. The van der Waals surface area contributed by atoms with Crippen LogP contribution in [-0.4, -0.2) is 30.4 Å². The fraction of sp³-hybridized carbons (Fsp3) is 0.474. The molecule has 0 bridgehead atoms. The number of aromatic nitrogens is 2. The lowest BCUT2D eigenvalue weighted by Gasteiger charge is -2.19. The van der Waals surface area contributed by atoms with Crippen molar-refractivity contribution in [3.63, 3.8) is 0 Å². The van der Waals surface area contributed by atoms with Crippen LogP contribution in [-0.2, 0) is 33.4 Å². The van der Waals surface area contributed by atoms with Gasteiger partial charge in [0.25, 0.3) is 16.0 Å². The quantitative estimate of drug-likeness (QED) is 0.639. The van der Waals surface area contributed by atoms with Gasteiger partial charge >= 0.3 is 0 Å². The number of hydrogen-bond acceptors (Lipinski definition) is 6. The predicted molar refractivity (Wildman–Crippen MR) is 112 cm³/mol. The summed E-state index contributed by atoms with van der Waals surface area (Å²) in [6.07, 6.45) is 0.916. The summed E-state index contributed by atoms with van der Waals surface area (Å²) in [5, 5.41) is 7.17. The normalized spacial score (nSPS) is 13.3. The van der Waals surface area contributed by atoms with Crippen LogP contribution in [0.25, 0.3) is 0 Å². The van der Waals surface area contributed by atoms with Crippen LogP contribution in [0.1, 0.15) is 61.0 Å². The second-order valence-corrected chi connectivity index (χ2v) is 9.88. The van der Waals surface area contributed by atoms with Gasteiger partial charge in [-0.3, -0.25) is 9.48 Å². The highest BCUT2D eigenvalue weighted by Crippen LogP contribution is 2.26. The number of rotatable bonds is 7. The van der Waals surface area contributed by atoms with Crippen LogP contribution in [0.4, 0.5) is 0 Å². The van der Waals surface area contributed by atoms with Gasteiger partial charge < -0.3 is 5.32 Å². The molecule has 1 aromatic carbocycles. The molecule has 0 saturated carbocycles. The van der Waals surface area contributed by atoms with Gasteiger partial charge in [-0.15, -0.1) is 0 Å². The third-order valence-corrected chi connectivity index (χ3v) is 5.06. The first kappa shape index (κ1) is 23.3. The van der Waals surface area contributed by atoms with Crippen molar-refractivity contribution in [1.29, 1.82) is 0 Å². The van der Waals surface area contributed by atoms with Crippen LogP contribution in [0.2, 0.25) is 5.02 Å². The molecule has 0 fully saturated rings. The Labute approximate surface area is 176 Å². The minimum absolute atomic E-state index is 0.0615. The van der Waals surface area contributed by atoms with E-state index in [1.807, 2.05) is 24.3 Å². The van der Waals surface area contributed by atoms with Gasteiger partial charge in [-0.1, -0.05) is 56.6 Å². The first-order valence-electron chi connectivity index (χ1n) is 9.03. The van der Waals surface area contributed by atoms with Crippen molar-refractivity contribution >= 4 is 27.6 Å². The highest BCUT2D eigenvalue weighted by molar-refractivity contribution is 7.85. The summed E-state index contributed by atoms with van der Waals surface area (Å²) in [5.41, 5.74) is 5.07. The molecule has 1 amide bonds. The van der Waals surface area contributed by atoms with Gasteiger partial charge in [0.1, 0.15) is 11.4 Å². The molecule has 160 valence electrons. The Balaban J connectivity index is 2.08. The monoisotopic (exact) mass is 442 g/mol. The van der Waals surface area contributed by atoms with Crippen molar-refractivity contribution in [3.05, 3.63) is 51.8 Å². The van der Waals surface area contributed by atoms with Crippen molar-refractivity contribution in [3.8, 4) is 0 Å². The van der Waals surface area contributed by atoms with Crippen molar-refractivity contribution < 1.29 is 17.5 Å². The summed E-state index contributed by atoms with van der Waals surface area (Å²) >= 11 is 6.33. The van der Waals surface area contributed by atoms with E-state index in [0.29, 0.717) is 12.2 Å². The number of nitrogens with zero attached hydrogens (tertiary/aromatic N) is 2. The standard InChI is InChI=1S/C19H27ClN4O4S/c1-12(23-28-29(6,26)27)16-15(20)17(24(5)22-16)18(25)21-11-13-7-9-14(10-8-13)19(2,3)4/h7-10,12,23H,11H2,1-6H3,(H,21,25)/t12-/m0/s1. The molecule has 1 atom stereocenters. The number of nitrogens with one attached hydrogen (secondary N) is 2. The van der Waals surface area contributed by atoms with Crippen LogP contribution in [0.5, 0.6) is 0 Å². The second kappa shape index (κ2) is 8.83. The zero-order chi connectivity index (χ0) is 22.0. The molecule has 0 spiro atoms. The average Bonchev–Trinajstić information content (AvgIpc) is 2.91. The van der Waals surface area contributed by atoms with E-state index < -0.39 is 16.2 Å². The second-order valence-electron chi connectivity index (χ2n) is 7.93. The molecule has 0 aliphatic heterocycles. The molecule has 10 heteroatoms. The number of carbonyl (C=O) groups excluding carboxylic acids is 1. The topological polar surface area (TPSA) is 102 Å². The summed E-state index contributed by atoms with van der Waals surface area (Å²) in [5.74, 6) is -0.382. The minimum Gasteiger partial charge on any atom is -0.347 e. The summed E-state index contributed by atoms with van der Waals surface area (Å²) in [6, 6.07) is 7.41. The van der Waals surface area contributed by atoms with Crippen LogP contribution in [0.3, 0.4) is 0 Å². The molecule has 0 saturated heterocycles. The minimum atomic E-state index is -3.68. The maximum Gasteiger partial charge on any atom is 0.280 e. The predicted octanol–water partition coefficient (Wildman–Crippen LogP) is 2.84. The first-order valence-corrected chi connectivity index (χ1v) is 11.2. The highest BCUT2D eigenvalue weighted by Gasteiger charge is 2.24. The van der Waals surface area contributed by atoms with E-state index in [-0.39, 0.29) is 22.0 Å². The number of carbonyl (C=O) groups is 1. The molecule has 1 aromatic heterocycles. The number of amides is 1. The average molecular weight is 443 g/mol. The molecule has 2 N–H and O–H groups in total. The summed E-state index contributed by atoms with van der Waals surface area (Å²) in [6.45, 7) is 8.39. The maximum atomic E-state index is 12.6. The number of hydrogen-bond donors (Lipinski definition) is 2. The Morgan fingerprint density at radius 3 is 2.38 bits per heavy atom. The zero-order valence-corrected chi connectivity index (χ0v) is 19.0. The van der Waals surface area contributed by atoms with Gasteiger partial charge in [0, 0.05) is 13.6 Å². The maximum absolute atomic E-state index is 12.6. The molecule has 0 aliphatic rings. The molecular weight excluding hydrogens is 416 g/mol. The fourth-order valence-electron chi connectivity index (χ4n) is 2.65. The number of aryl methyl sites for hydroxylation is 1. The summed E-state index contributed by atoms with van der Waals surface area (Å²) in [4.78, 5) is 12.6. The van der Waals surface area contributed by atoms with E-state index in [0.717, 1.165) is 11.8 Å². The third-order valence-electron chi connectivity index (χ3n) is 4.29.